The Labute approximate surface area is 146 Å². The van der Waals surface area contributed by atoms with Gasteiger partial charge in [-0.25, -0.2) is 9.97 Å². The number of nitrogens with zero attached hydrogens (tertiary/aromatic N) is 5. The van der Waals surface area contributed by atoms with Crippen LogP contribution >= 0.6 is 0 Å². The highest BCUT2D eigenvalue weighted by Crippen LogP contribution is 2.14. The van der Waals surface area contributed by atoms with Crippen LogP contribution in [0.1, 0.15) is 5.82 Å². The topological polar surface area (TPSA) is 70.9 Å². The van der Waals surface area contributed by atoms with E-state index in [1.807, 2.05) is 36.7 Å². The molecule has 1 aliphatic rings. The van der Waals surface area contributed by atoms with E-state index in [-0.39, 0.29) is 0 Å². The minimum atomic E-state index is 0.562. The van der Waals surface area contributed by atoms with Gasteiger partial charge in [-0.15, -0.1) is 0 Å². The zero-order valence-electron chi connectivity index (χ0n) is 14.0. The first kappa shape index (κ1) is 15.6. The molecule has 3 heterocycles. The molecule has 4 rings (SSSR count). The first-order chi connectivity index (χ1) is 12.4. The van der Waals surface area contributed by atoms with Crippen molar-refractivity contribution in [1.29, 1.82) is 0 Å². The smallest absolute Gasteiger partial charge is 0.224 e. The van der Waals surface area contributed by atoms with Gasteiger partial charge >= 0.3 is 0 Å². The molecule has 0 aliphatic carbocycles. The summed E-state index contributed by atoms with van der Waals surface area (Å²) in [6.07, 6.45) is 5.57. The Morgan fingerprint density at radius 2 is 1.84 bits per heavy atom. The molecule has 0 spiro atoms. The number of anilines is 2. The zero-order chi connectivity index (χ0) is 16.9. The molecule has 1 aliphatic heterocycles. The highest BCUT2D eigenvalue weighted by atomic mass is 15.3. The molecule has 0 bridgehead atoms. The van der Waals surface area contributed by atoms with Crippen molar-refractivity contribution in [2.45, 2.75) is 6.54 Å². The Kier molecular flexibility index (Phi) is 4.56. The van der Waals surface area contributed by atoms with Crippen molar-refractivity contribution < 1.29 is 0 Å². The highest BCUT2D eigenvalue weighted by Gasteiger charge is 2.12. The van der Waals surface area contributed by atoms with E-state index in [4.69, 9.17) is 0 Å². The minimum Gasteiger partial charge on any atom is -0.354 e. The van der Waals surface area contributed by atoms with Gasteiger partial charge in [0.1, 0.15) is 11.6 Å². The lowest BCUT2D eigenvalue weighted by Gasteiger charge is -2.28. The van der Waals surface area contributed by atoms with Crippen LogP contribution in [0.5, 0.6) is 0 Å². The van der Waals surface area contributed by atoms with Crippen LogP contribution in [-0.4, -0.2) is 45.7 Å². The second kappa shape index (κ2) is 7.31. The summed E-state index contributed by atoms with van der Waals surface area (Å²) in [6.45, 7) is 4.47. The lowest BCUT2D eigenvalue weighted by molar-refractivity contribution is 0.584. The lowest BCUT2D eigenvalue weighted by Crippen LogP contribution is -2.43. The van der Waals surface area contributed by atoms with Crippen LogP contribution in [0.15, 0.2) is 55.0 Å². The number of aromatic nitrogens is 4. The summed E-state index contributed by atoms with van der Waals surface area (Å²) in [5.74, 6) is 2.51. The Balaban J connectivity index is 1.46. The summed E-state index contributed by atoms with van der Waals surface area (Å²) in [6, 6.07) is 12.1. The van der Waals surface area contributed by atoms with Gasteiger partial charge in [0.15, 0.2) is 0 Å². The number of nitrogens with one attached hydrogen (secondary N) is 2. The standard InChI is InChI=1S/C18H21N7/c1-2-4-15(5-3-1)25-13-10-20-17(25)14-22-18-21-7-6-16(23-18)24-11-8-19-9-12-24/h1-7,10,13,19H,8-9,11-12,14H2,(H,21,22,23). The largest absolute Gasteiger partial charge is 0.354 e. The molecule has 1 aromatic carbocycles. The third-order valence-electron chi connectivity index (χ3n) is 4.24. The zero-order valence-corrected chi connectivity index (χ0v) is 14.0. The first-order valence-electron chi connectivity index (χ1n) is 8.50. The predicted octanol–water partition coefficient (Wildman–Crippen LogP) is 1.68. The molecule has 0 saturated carbocycles. The maximum absolute atomic E-state index is 4.64. The quantitative estimate of drug-likeness (QED) is 0.739. The van der Waals surface area contributed by atoms with Crippen LogP contribution in [-0.2, 0) is 6.54 Å². The van der Waals surface area contributed by atoms with Crippen LogP contribution < -0.4 is 15.5 Å². The normalized spacial score (nSPS) is 14.5. The van der Waals surface area contributed by atoms with E-state index in [0.29, 0.717) is 12.5 Å². The van der Waals surface area contributed by atoms with Crippen molar-refractivity contribution in [3.63, 3.8) is 0 Å². The van der Waals surface area contributed by atoms with Gasteiger partial charge in [-0.3, -0.25) is 0 Å². The number of imidazole rings is 1. The van der Waals surface area contributed by atoms with Crippen molar-refractivity contribution in [3.05, 3.63) is 60.8 Å². The molecule has 0 amide bonds. The second-order valence-corrected chi connectivity index (χ2v) is 5.88. The summed E-state index contributed by atoms with van der Waals surface area (Å²) in [4.78, 5) is 15.7. The number of hydrogen-bond acceptors (Lipinski definition) is 6. The van der Waals surface area contributed by atoms with E-state index in [1.165, 1.54) is 0 Å². The van der Waals surface area contributed by atoms with Crippen LogP contribution in [0.3, 0.4) is 0 Å². The molecule has 1 saturated heterocycles. The van der Waals surface area contributed by atoms with Gasteiger partial charge in [0.25, 0.3) is 0 Å². The molecule has 3 aromatic rings. The van der Waals surface area contributed by atoms with Crippen LogP contribution in [0.25, 0.3) is 5.69 Å². The van der Waals surface area contributed by atoms with E-state index in [9.17, 15) is 0 Å². The lowest BCUT2D eigenvalue weighted by atomic mass is 10.3. The molecular weight excluding hydrogens is 314 g/mol. The number of hydrogen-bond donors (Lipinski definition) is 2. The third kappa shape index (κ3) is 3.61. The summed E-state index contributed by atoms with van der Waals surface area (Å²) in [5, 5.41) is 6.64. The highest BCUT2D eigenvalue weighted by molar-refractivity contribution is 5.43. The molecule has 25 heavy (non-hydrogen) atoms. The number of benzene rings is 1. The maximum Gasteiger partial charge on any atom is 0.224 e. The fraction of sp³-hybridized carbons (Fsp3) is 0.278. The van der Waals surface area contributed by atoms with E-state index in [2.05, 4.69) is 47.2 Å². The first-order valence-corrected chi connectivity index (χ1v) is 8.50. The van der Waals surface area contributed by atoms with Crippen molar-refractivity contribution in [3.8, 4) is 5.69 Å². The van der Waals surface area contributed by atoms with E-state index >= 15 is 0 Å². The molecule has 2 N–H and O–H groups in total. The molecule has 2 aromatic heterocycles. The summed E-state index contributed by atoms with van der Waals surface area (Å²) in [5.41, 5.74) is 1.09. The fourth-order valence-corrected chi connectivity index (χ4v) is 2.95. The van der Waals surface area contributed by atoms with Crippen LogP contribution in [0.4, 0.5) is 11.8 Å². The van der Waals surface area contributed by atoms with E-state index < -0.39 is 0 Å². The van der Waals surface area contributed by atoms with Crippen molar-refractivity contribution in [1.82, 2.24) is 24.8 Å². The number of para-hydroxylation sites is 1. The molecular formula is C18H21N7. The average Bonchev–Trinajstić information content (AvgIpc) is 3.17. The van der Waals surface area contributed by atoms with Gasteiger partial charge in [0.05, 0.1) is 6.54 Å². The van der Waals surface area contributed by atoms with Crippen molar-refractivity contribution in [2.75, 3.05) is 36.4 Å². The summed E-state index contributed by atoms with van der Waals surface area (Å²) >= 11 is 0. The molecule has 1 fully saturated rings. The van der Waals surface area contributed by atoms with Crippen LogP contribution in [0, 0.1) is 0 Å². The van der Waals surface area contributed by atoms with E-state index in [1.54, 1.807) is 6.20 Å². The SMILES string of the molecule is c1ccc(-n2ccnc2CNc2nccc(N3CCNCC3)n2)cc1. The number of piperazine rings is 1. The Morgan fingerprint density at radius 1 is 1.00 bits per heavy atom. The summed E-state index contributed by atoms with van der Waals surface area (Å²) in [7, 11) is 0. The molecule has 0 radical (unpaired) electrons. The van der Waals surface area contributed by atoms with Gasteiger partial charge in [0, 0.05) is 50.5 Å². The molecule has 7 nitrogen and oxygen atoms in total. The van der Waals surface area contributed by atoms with Gasteiger partial charge in [0.2, 0.25) is 5.95 Å². The predicted molar refractivity (Wildman–Crippen MR) is 98.0 cm³/mol. The molecule has 7 heteroatoms. The average molecular weight is 335 g/mol. The minimum absolute atomic E-state index is 0.562. The van der Waals surface area contributed by atoms with Crippen molar-refractivity contribution in [2.24, 2.45) is 0 Å². The van der Waals surface area contributed by atoms with E-state index in [0.717, 1.165) is 43.5 Å². The monoisotopic (exact) mass is 335 g/mol. The van der Waals surface area contributed by atoms with Crippen LogP contribution in [0.2, 0.25) is 0 Å². The Hall–Kier alpha value is -2.93. The maximum atomic E-state index is 4.64. The Bertz CT molecular complexity index is 809. The van der Waals surface area contributed by atoms with Gasteiger partial charge in [-0.1, -0.05) is 18.2 Å². The van der Waals surface area contributed by atoms with Gasteiger partial charge < -0.3 is 20.1 Å². The molecule has 0 unspecified atom stereocenters. The van der Waals surface area contributed by atoms with Gasteiger partial charge in [-0.05, 0) is 18.2 Å². The summed E-state index contributed by atoms with van der Waals surface area (Å²) < 4.78 is 2.06. The third-order valence-corrected chi connectivity index (χ3v) is 4.24. The molecule has 0 atom stereocenters. The fourth-order valence-electron chi connectivity index (χ4n) is 2.95. The number of rotatable bonds is 5. The van der Waals surface area contributed by atoms with Crippen molar-refractivity contribution >= 4 is 11.8 Å². The van der Waals surface area contributed by atoms with Gasteiger partial charge in [-0.2, -0.15) is 4.98 Å². The Morgan fingerprint density at radius 3 is 2.68 bits per heavy atom. The molecule has 128 valence electrons. The second-order valence-electron chi connectivity index (χ2n) is 5.88.